The minimum absolute atomic E-state index is 0.00315. The van der Waals surface area contributed by atoms with Crippen molar-refractivity contribution in [2.24, 2.45) is 0 Å². The summed E-state index contributed by atoms with van der Waals surface area (Å²) >= 11 is 0. The maximum atomic E-state index is 13.0. The first-order chi connectivity index (χ1) is 12.4. The number of rotatable bonds is 4. The van der Waals surface area contributed by atoms with Crippen LogP contribution in [0.5, 0.6) is 0 Å². The number of fused-ring (bicyclic) bond motifs is 1. The molecule has 0 aliphatic carbocycles. The van der Waals surface area contributed by atoms with E-state index < -0.39 is 0 Å². The van der Waals surface area contributed by atoms with Crippen molar-refractivity contribution >= 4 is 23.2 Å². The van der Waals surface area contributed by atoms with Gasteiger partial charge in [-0.25, -0.2) is 0 Å². The monoisotopic (exact) mass is 351 g/mol. The van der Waals surface area contributed by atoms with E-state index in [1.54, 1.807) is 4.90 Å². The van der Waals surface area contributed by atoms with Crippen LogP contribution in [0.25, 0.3) is 0 Å². The number of amides is 2. The van der Waals surface area contributed by atoms with Gasteiger partial charge in [-0.05, 0) is 38.6 Å². The van der Waals surface area contributed by atoms with Crippen LogP contribution in [0.4, 0.5) is 11.4 Å². The lowest BCUT2D eigenvalue weighted by atomic mass is 10.1. The van der Waals surface area contributed by atoms with Crippen LogP contribution >= 0.6 is 0 Å². The summed E-state index contributed by atoms with van der Waals surface area (Å²) in [4.78, 5) is 28.9. The van der Waals surface area contributed by atoms with Gasteiger partial charge in [-0.15, -0.1) is 0 Å². The first-order valence-electron chi connectivity index (χ1n) is 8.89. The molecule has 2 amide bonds. The van der Waals surface area contributed by atoms with Crippen molar-refractivity contribution in [3.8, 4) is 0 Å². The second-order valence-corrected chi connectivity index (χ2v) is 7.04. The molecule has 3 rings (SSSR count). The van der Waals surface area contributed by atoms with Crippen molar-refractivity contribution in [3.63, 3.8) is 0 Å². The maximum Gasteiger partial charge on any atom is 0.241 e. The highest BCUT2D eigenvalue weighted by Crippen LogP contribution is 2.31. The lowest BCUT2D eigenvalue weighted by Gasteiger charge is -2.29. The van der Waals surface area contributed by atoms with Crippen LogP contribution in [0.2, 0.25) is 0 Å². The molecule has 26 heavy (non-hydrogen) atoms. The normalized spacial score (nSPS) is 16.8. The zero-order chi connectivity index (χ0) is 18.7. The Bertz CT molecular complexity index is 818. The van der Waals surface area contributed by atoms with Crippen molar-refractivity contribution in [2.75, 3.05) is 23.8 Å². The third kappa shape index (κ3) is 4.11. The molecule has 5 nitrogen and oxygen atoms in total. The number of hydrogen-bond acceptors (Lipinski definition) is 3. The molecule has 0 unspecified atom stereocenters. The molecule has 0 fully saturated rings. The molecule has 1 aliphatic heterocycles. The van der Waals surface area contributed by atoms with Crippen molar-refractivity contribution < 1.29 is 9.59 Å². The van der Waals surface area contributed by atoms with E-state index in [0.717, 1.165) is 5.69 Å². The van der Waals surface area contributed by atoms with Crippen LogP contribution in [-0.2, 0) is 16.1 Å². The molecule has 0 spiro atoms. The summed E-state index contributed by atoms with van der Waals surface area (Å²) in [5.74, 6) is -0.0648. The minimum atomic E-state index is -0.182. The van der Waals surface area contributed by atoms with Gasteiger partial charge in [0, 0.05) is 19.0 Å². The van der Waals surface area contributed by atoms with E-state index >= 15 is 0 Å². The largest absolute Gasteiger partial charge is 0.324 e. The minimum Gasteiger partial charge on any atom is -0.324 e. The lowest BCUT2D eigenvalue weighted by Crippen LogP contribution is -2.44. The third-order valence-corrected chi connectivity index (χ3v) is 4.57. The number of likely N-dealkylation sites (N-methyl/N-ethyl adjacent to an activating group) is 1. The summed E-state index contributed by atoms with van der Waals surface area (Å²) in [5.41, 5.74) is 3.85. The first-order valence-corrected chi connectivity index (χ1v) is 8.89. The molecular weight excluding hydrogens is 326 g/mol. The molecule has 1 N–H and O–H groups in total. The highest BCUT2D eigenvalue weighted by Gasteiger charge is 2.29. The Morgan fingerprint density at radius 3 is 2.77 bits per heavy atom. The van der Waals surface area contributed by atoms with E-state index in [9.17, 15) is 9.59 Å². The van der Waals surface area contributed by atoms with Crippen LogP contribution in [0.1, 0.15) is 24.5 Å². The number of anilines is 2. The Morgan fingerprint density at radius 1 is 1.23 bits per heavy atom. The summed E-state index contributed by atoms with van der Waals surface area (Å²) in [5, 5.41) is 2.89. The second kappa shape index (κ2) is 7.70. The standard InChI is InChI=1S/C21H25N3O2/c1-15-7-6-8-17(11-15)13-23(3)14-21(26)24-16(2)12-20(25)22-18-9-4-5-10-19(18)24/h4-11,16H,12-14H2,1-3H3,(H,22,25)/t16-/m1/s1. The number of nitrogens with zero attached hydrogens (tertiary/aromatic N) is 2. The molecule has 0 saturated carbocycles. The van der Waals surface area contributed by atoms with Gasteiger partial charge >= 0.3 is 0 Å². The molecule has 136 valence electrons. The van der Waals surface area contributed by atoms with Crippen LogP contribution in [-0.4, -0.2) is 36.3 Å². The van der Waals surface area contributed by atoms with E-state index in [1.807, 2.05) is 49.2 Å². The van der Waals surface area contributed by atoms with E-state index in [4.69, 9.17) is 0 Å². The van der Waals surface area contributed by atoms with Gasteiger partial charge in [0.05, 0.1) is 17.9 Å². The molecule has 0 aromatic heterocycles. The van der Waals surface area contributed by atoms with Gasteiger partial charge in [-0.2, -0.15) is 0 Å². The molecule has 1 heterocycles. The first kappa shape index (κ1) is 18.1. The number of aryl methyl sites for hydroxylation is 1. The van der Waals surface area contributed by atoms with Crippen LogP contribution < -0.4 is 10.2 Å². The van der Waals surface area contributed by atoms with Crippen molar-refractivity contribution in [1.29, 1.82) is 0 Å². The molecule has 0 radical (unpaired) electrons. The van der Waals surface area contributed by atoms with Crippen LogP contribution in [0.15, 0.2) is 48.5 Å². The average Bonchev–Trinajstić information content (AvgIpc) is 2.68. The molecule has 2 aromatic rings. The second-order valence-electron chi connectivity index (χ2n) is 7.04. The van der Waals surface area contributed by atoms with Gasteiger partial charge in [0.15, 0.2) is 0 Å². The topological polar surface area (TPSA) is 52.7 Å². The molecule has 0 saturated heterocycles. The zero-order valence-electron chi connectivity index (χ0n) is 15.5. The highest BCUT2D eigenvalue weighted by molar-refractivity contribution is 6.04. The highest BCUT2D eigenvalue weighted by atomic mass is 16.2. The SMILES string of the molecule is Cc1cccc(CN(C)CC(=O)N2c3ccccc3NC(=O)C[C@H]2C)c1. The van der Waals surface area contributed by atoms with Crippen molar-refractivity contribution in [2.45, 2.75) is 32.9 Å². The Balaban J connectivity index is 1.76. The van der Waals surface area contributed by atoms with Gasteiger partial charge < -0.3 is 10.2 Å². The fourth-order valence-electron chi connectivity index (χ4n) is 3.45. The fourth-order valence-corrected chi connectivity index (χ4v) is 3.45. The Kier molecular flexibility index (Phi) is 5.38. The summed E-state index contributed by atoms with van der Waals surface area (Å²) in [7, 11) is 1.94. The molecule has 2 aromatic carbocycles. The number of benzene rings is 2. The van der Waals surface area contributed by atoms with E-state index in [-0.39, 0.29) is 17.9 Å². The maximum absolute atomic E-state index is 13.0. The Morgan fingerprint density at radius 2 is 2.00 bits per heavy atom. The van der Waals surface area contributed by atoms with Crippen molar-refractivity contribution in [1.82, 2.24) is 4.90 Å². The third-order valence-electron chi connectivity index (χ3n) is 4.57. The number of hydrogen-bond donors (Lipinski definition) is 1. The van der Waals surface area contributed by atoms with Gasteiger partial charge in [-0.1, -0.05) is 42.0 Å². The number of carbonyl (C=O) groups excluding carboxylic acids is 2. The number of para-hydroxylation sites is 2. The van der Waals surface area contributed by atoms with Gasteiger partial charge in [0.2, 0.25) is 11.8 Å². The predicted molar refractivity (Wildman–Crippen MR) is 104 cm³/mol. The summed E-state index contributed by atoms with van der Waals surface area (Å²) in [6.07, 6.45) is 0.294. The summed E-state index contributed by atoms with van der Waals surface area (Å²) in [6, 6.07) is 15.6. The Hall–Kier alpha value is -2.66. The van der Waals surface area contributed by atoms with Crippen LogP contribution in [0, 0.1) is 6.92 Å². The molecule has 5 heteroatoms. The summed E-state index contributed by atoms with van der Waals surface area (Å²) < 4.78 is 0. The quantitative estimate of drug-likeness (QED) is 0.920. The van der Waals surface area contributed by atoms with Crippen LogP contribution in [0.3, 0.4) is 0 Å². The van der Waals surface area contributed by atoms with Gasteiger partial charge in [0.1, 0.15) is 0 Å². The van der Waals surface area contributed by atoms with E-state index in [1.165, 1.54) is 11.1 Å². The summed E-state index contributed by atoms with van der Waals surface area (Å²) in [6.45, 7) is 4.98. The molecule has 0 bridgehead atoms. The smallest absolute Gasteiger partial charge is 0.241 e. The zero-order valence-corrected chi connectivity index (χ0v) is 15.5. The molecule has 1 atom stereocenters. The fraction of sp³-hybridized carbons (Fsp3) is 0.333. The average molecular weight is 351 g/mol. The number of nitrogens with one attached hydrogen (secondary N) is 1. The number of carbonyl (C=O) groups is 2. The van der Waals surface area contributed by atoms with E-state index in [0.29, 0.717) is 25.2 Å². The van der Waals surface area contributed by atoms with E-state index in [2.05, 4.69) is 30.4 Å². The lowest BCUT2D eigenvalue weighted by molar-refractivity contribution is -0.120. The van der Waals surface area contributed by atoms with Gasteiger partial charge in [-0.3, -0.25) is 14.5 Å². The predicted octanol–water partition coefficient (Wildman–Crippen LogP) is 3.19. The van der Waals surface area contributed by atoms with Crippen molar-refractivity contribution in [3.05, 3.63) is 59.7 Å². The molecule has 1 aliphatic rings. The molecular formula is C21H25N3O2. The van der Waals surface area contributed by atoms with Gasteiger partial charge in [0.25, 0.3) is 0 Å². The Labute approximate surface area is 154 Å².